The number of likely N-dealkylation sites (N-methyl/N-ethyl adjacent to an activating group) is 2. The Morgan fingerprint density at radius 2 is 0.964 bits per heavy atom. The number of aromatic amines is 2. The number of aliphatic imine (C=N–C) groups is 2. The molecular formula is C36H44Cl2N10O6S2. The average Bonchev–Trinajstić information content (AvgIpc) is 3.99. The highest BCUT2D eigenvalue weighted by molar-refractivity contribution is 7.89. The van der Waals surface area contributed by atoms with Crippen LogP contribution in [0.2, 0.25) is 10.0 Å². The zero-order chi connectivity index (χ0) is 39.8. The third-order valence-electron chi connectivity index (χ3n) is 10.5. The van der Waals surface area contributed by atoms with E-state index in [2.05, 4.69) is 20.0 Å². The highest BCUT2D eigenvalue weighted by Crippen LogP contribution is 2.27. The second kappa shape index (κ2) is 16.3. The van der Waals surface area contributed by atoms with Gasteiger partial charge in [0, 0.05) is 111 Å². The third-order valence-corrected chi connectivity index (χ3v) is 14.6. The molecule has 4 aliphatic heterocycles. The Morgan fingerprint density at radius 1 is 0.589 bits per heavy atom. The Hall–Kier alpha value is -4.20. The number of carbonyl (C=O) groups is 2. The monoisotopic (exact) mass is 846 g/mol. The average molecular weight is 848 g/mol. The van der Waals surface area contributed by atoms with Crippen molar-refractivity contribution in [2.24, 2.45) is 9.98 Å². The number of piperazine rings is 2. The molecule has 0 saturated carbocycles. The van der Waals surface area contributed by atoms with Crippen molar-refractivity contribution >= 4 is 88.5 Å². The summed E-state index contributed by atoms with van der Waals surface area (Å²) in [5.41, 5.74) is 1.44. The smallest absolute Gasteiger partial charge is 0.258 e. The van der Waals surface area contributed by atoms with Crippen LogP contribution in [0.5, 0.6) is 0 Å². The first-order chi connectivity index (χ1) is 26.7. The maximum atomic E-state index is 13.0. The Kier molecular flexibility index (Phi) is 11.7. The van der Waals surface area contributed by atoms with Gasteiger partial charge in [-0.3, -0.25) is 19.6 Å². The molecule has 2 aromatic heterocycles. The molecule has 300 valence electrons. The number of halogens is 2. The van der Waals surface area contributed by atoms with Crippen molar-refractivity contribution in [1.82, 2.24) is 38.2 Å². The van der Waals surface area contributed by atoms with Crippen molar-refractivity contribution in [2.45, 2.75) is 22.9 Å². The second-order valence-electron chi connectivity index (χ2n) is 14.1. The summed E-state index contributed by atoms with van der Waals surface area (Å²) in [5, 5.41) is 2.90. The first kappa shape index (κ1) is 40.0. The molecule has 20 heteroatoms. The molecule has 2 aromatic carbocycles. The molecule has 16 nitrogen and oxygen atoms in total. The molecule has 2 N–H and O–H groups in total. The summed E-state index contributed by atoms with van der Waals surface area (Å²) in [5.74, 6) is 1.59. The lowest BCUT2D eigenvalue weighted by atomic mass is 10.2. The van der Waals surface area contributed by atoms with E-state index in [9.17, 15) is 26.4 Å². The molecule has 2 amide bonds. The molecule has 0 aliphatic carbocycles. The van der Waals surface area contributed by atoms with Crippen LogP contribution < -0.4 is 0 Å². The number of hydrogen-bond donors (Lipinski definition) is 2. The number of nitrogens with zero attached hydrogens (tertiary/aromatic N) is 8. The molecule has 8 rings (SSSR count). The van der Waals surface area contributed by atoms with Crippen LogP contribution in [0.1, 0.15) is 12.8 Å². The van der Waals surface area contributed by atoms with Gasteiger partial charge in [-0.25, -0.2) is 16.8 Å². The molecule has 6 heterocycles. The van der Waals surface area contributed by atoms with Gasteiger partial charge in [0.1, 0.15) is 21.7 Å². The van der Waals surface area contributed by atoms with Crippen LogP contribution >= 0.6 is 23.2 Å². The number of rotatable bonds is 8. The molecule has 4 aliphatic rings. The zero-order valence-electron chi connectivity index (χ0n) is 31.1. The Morgan fingerprint density at radius 3 is 1.30 bits per heavy atom. The first-order valence-electron chi connectivity index (χ1n) is 18.3. The molecule has 2 saturated heterocycles. The molecule has 0 radical (unpaired) electrons. The number of benzene rings is 2. The van der Waals surface area contributed by atoms with E-state index in [4.69, 9.17) is 23.2 Å². The van der Waals surface area contributed by atoms with E-state index < -0.39 is 20.0 Å². The van der Waals surface area contributed by atoms with Crippen LogP contribution in [0.25, 0.3) is 21.8 Å². The topological polar surface area (TPSA) is 178 Å². The molecule has 0 unspecified atom stereocenters. The fourth-order valence-corrected chi connectivity index (χ4v) is 10.3. The van der Waals surface area contributed by atoms with Crippen LogP contribution in [0.3, 0.4) is 0 Å². The summed E-state index contributed by atoms with van der Waals surface area (Å²) >= 11 is 12.0. The van der Waals surface area contributed by atoms with Crippen molar-refractivity contribution in [1.29, 1.82) is 0 Å². The van der Waals surface area contributed by atoms with Crippen LogP contribution in [0, 0.1) is 0 Å². The first-order valence-corrected chi connectivity index (χ1v) is 21.9. The maximum Gasteiger partial charge on any atom is 0.258 e. The predicted octanol–water partition coefficient (Wildman–Crippen LogP) is 2.78. The SMILES string of the molecule is CN1CCN=C1CC(=O)N1CCN(S(=O)(=O)c2cc3cc(Cl)ccc3[nH]2)CC1.CN1CCN=C1CC(=O)N1CCN(S(=O)(=O)c2cc3cc(Cl)ccc3[nH]2)CC1. The number of fused-ring (bicyclic) bond motifs is 2. The Balaban J connectivity index is 0.000000172. The normalized spacial score (nSPS) is 18.7. The quantitative estimate of drug-likeness (QED) is 0.272. The van der Waals surface area contributed by atoms with E-state index in [1.54, 1.807) is 58.3 Å². The van der Waals surface area contributed by atoms with Gasteiger partial charge in [0.15, 0.2) is 0 Å². The molecule has 0 spiro atoms. The molecule has 4 aromatic rings. The molecule has 56 heavy (non-hydrogen) atoms. The van der Waals surface area contributed by atoms with Crippen molar-refractivity contribution < 1.29 is 26.4 Å². The number of amidine groups is 2. The maximum absolute atomic E-state index is 13.0. The molecule has 0 bridgehead atoms. The number of H-pyrrole nitrogens is 2. The lowest BCUT2D eigenvalue weighted by Crippen LogP contribution is -2.51. The van der Waals surface area contributed by atoms with Gasteiger partial charge in [-0.2, -0.15) is 8.61 Å². The van der Waals surface area contributed by atoms with Crippen LogP contribution in [-0.2, 0) is 29.6 Å². The lowest BCUT2D eigenvalue weighted by Gasteiger charge is -2.34. The number of sulfonamides is 2. The van der Waals surface area contributed by atoms with Gasteiger partial charge in [0.2, 0.25) is 11.8 Å². The van der Waals surface area contributed by atoms with Gasteiger partial charge in [-0.15, -0.1) is 0 Å². The van der Waals surface area contributed by atoms with Crippen molar-refractivity contribution in [3.8, 4) is 0 Å². The number of amides is 2. The van der Waals surface area contributed by atoms with Crippen molar-refractivity contribution in [2.75, 3.05) is 92.6 Å². The molecule has 2 fully saturated rings. The number of carbonyl (C=O) groups excluding carboxylic acids is 2. The Bertz CT molecular complexity index is 2250. The van der Waals surface area contributed by atoms with E-state index in [1.807, 2.05) is 23.9 Å². The van der Waals surface area contributed by atoms with Gasteiger partial charge in [-0.05, 0) is 48.5 Å². The van der Waals surface area contributed by atoms with Crippen molar-refractivity contribution in [3.05, 3.63) is 58.6 Å². The van der Waals surface area contributed by atoms with Gasteiger partial charge in [-0.1, -0.05) is 23.2 Å². The fourth-order valence-electron chi connectivity index (χ4n) is 7.10. The summed E-state index contributed by atoms with van der Waals surface area (Å²) < 4.78 is 54.7. The van der Waals surface area contributed by atoms with Crippen LogP contribution in [-0.4, -0.2) is 171 Å². The summed E-state index contributed by atoms with van der Waals surface area (Å²) in [7, 11) is -3.45. The fraction of sp³-hybridized carbons (Fsp3) is 0.444. The van der Waals surface area contributed by atoms with Gasteiger partial charge in [0.25, 0.3) is 20.0 Å². The highest BCUT2D eigenvalue weighted by atomic mass is 35.5. The van der Waals surface area contributed by atoms with Crippen molar-refractivity contribution in [3.63, 3.8) is 0 Å². The van der Waals surface area contributed by atoms with Gasteiger partial charge in [0.05, 0.1) is 25.9 Å². The Labute approximate surface area is 335 Å². The minimum absolute atomic E-state index is 0.00944. The minimum atomic E-state index is -3.65. The zero-order valence-corrected chi connectivity index (χ0v) is 34.3. The molecule has 0 atom stereocenters. The second-order valence-corrected chi connectivity index (χ2v) is 18.8. The van der Waals surface area contributed by atoms with E-state index in [0.717, 1.165) is 59.7 Å². The highest BCUT2D eigenvalue weighted by Gasteiger charge is 2.33. The minimum Gasteiger partial charge on any atom is -0.361 e. The van der Waals surface area contributed by atoms with Gasteiger partial charge < -0.3 is 29.6 Å². The standard InChI is InChI=1S/2C18H22ClN5O3S/c2*1-22-5-4-20-16(22)12-18(25)23-6-8-24(9-7-23)28(26,27)17-11-13-10-14(19)2-3-15(13)21-17/h2*2-3,10-11,21H,4-9,12H2,1H3. The lowest BCUT2D eigenvalue weighted by molar-refractivity contribution is -0.131. The van der Waals surface area contributed by atoms with Crippen LogP contribution in [0.15, 0.2) is 68.6 Å². The number of nitrogens with one attached hydrogen (secondary N) is 2. The summed E-state index contributed by atoms with van der Waals surface area (Å²) in [6.07, 6.45) is 0.540. The largest absolute Gasteiger partial charge is 0.361 e. The molecular weight excluding hydrogens is 803 g/mol. The van der Waals surface area contributed by atoms with E-state index in [1.165, 1.54) is 8.61 Å². The third kappa shape index (κ3) is 8.55. The summed E-state index contributed by atoms with van der Waals surface area (Å²) in [4.78, 5) is 47.0. The summed E-state index contributed by atoms with van der Waals surface area (Å²) in [6.45, 7) is 5.71. The number of aromatic nitrogens is 2. The predicted molar refractivity (Wildman–Crippen MR) is 216 cm³/mol. The number of hydrogen-bond acceptors (Lipinski definition) is 10. The van der Waals surface area contributed by atoms with E-state index >= 15 is 0 Å². The van der Waals surface area contributed by atoms with E-state index in [0.29, 0.717) is 36.2 Å². The van der Waals surface area contributed by atoms with E-state index in [-0.39, 0.29) is 60.9 Å². The summed E-state index contributed by atoms with van der Waals surface area (Å²) in [6, 6.07) is 13.6. The van der Waals surface area contributed by atoms with Crippen LogP contribution in [0.4, 0.5) is 0 Å². The van der Waals surface area contributed by atoms with Gasteiger partial charge >= 0.3 is 0 Å².